The van der Waals surface area contributed by atoms with Gasteiger partial charge in [-0.05, 0) is 35.7 Å². The van der Waals surface area contributed by atoms with Gasteiger partial charge in [-0.15, -0.1) is 5.10 Å². The predicted molar refractivity (Wildman–Crippen MR) is 110 cm³/mol. The minimum Gasteiger partial charge on any atom is -0.320 e. The van der Waals surface area contributed by atoms with E-state index in [0.717, 1.165) is 11.1 Å². The predicted octanol–water partition coefficient (Wildman–Crippen LogP) is 2.49. The van der Waals surface area contributed by atoms with Crippen molar-refractivity contribution in [3.63, 3.8) is 0 Å². The molecule has 4 rings (SSSR count). The van der Waals surface area contributed by atoms with E-state index in [9.17, 15) is 13.2 Å². The van der Waals surface area contributed by atoms with Gasteiger partial charge in [0.25, 0.3) is 5.91 Å². The Morgan fingerprint density at radius 1 is 1.17 bits per heavy atom. The van der Waals surface area contributed by atoms with Crippen LogP contribution in [0.4, 0.5) is 5.69 Å². The molecule has 1 N–H and O–H groups in total. The Morgan fingerprint density at radius 3 is 2.72 bits per heavy atom. The van der Waals surface area contributed by atoms with E-state index in [1.807, 2.05) is 12.1 Å². The van der Waals surface area contributed by atoms with Gasteiger partial charge in [0.2, 0.25) is 10.0 Å². The van der Waals surface area contributed by atoms with E-state index in [0.29, 0.717) is 35.9 Å². The maximum absolute atomic E-state index is 12.7. The Balaban J connectivity index is 1.56. The molecule has 0 saturated carbocycles. The average molecular weight is 432 g/mol. The third-order valence-corrected chi connectivity index (χ3v) is 6.34. The molecule has 0 unspecified atom stereocenters. The lowest BCUT2D eigenvalue weighted by molar-refractivity contribution is 0.102. The quantitative estimate of drug-likeness (QED) is 0.684. The Kier molecular flexibility index (Phi) is 5.12. The fourth-order valence-corrected chi connectivity index (χ4v) is 4.31. The molecule has 0 atom stereocenters. The number of anilines is 1. The maximum atomic E-state index is 12.7. The number of carbonyl (C=O) groups is 1. The fraction of sp³-hybridized carbons (Fsp3) is 0.211. The van der Waals surface area contributed by atoms with E-state index in [1.54, 1.807) is 30.3 Å². The van der Waals surface area contributed by atoms with Crippen molar-refractivity contribution in [1.29, 1.82) is 0 Å². The second-order valence-electron chi connectivity index (χ2n) is 6.74. The molecule has 3 aromatic rings. The largest absolute Gasteiger partial charge is 0.320 e. The summed E-state index contributed by atoms with van der Waals surface area (Å²) in [6, 6.07) is 12.6. The lowest BCUT2D eigenvalue weighted by Crippen LogP contribution is -2.35. The average Bonchev–Trinajstić information content (AvgIpc) is 3.17. The summed E-state index contributed by atoms with van der Waals surface area (Å²) in [7, 11) is -3.26. The first-order valence-corrected chi connectivity index (χ1v) is 11.1. The SMILES string of the molecule is CS(=O)(=O)N1CCc2c(cccc2NC(=O)c2cn(-c3ccccc3Cl)nn2)C1. The highest BCUT2D eigenvalue weighted by Gasteiger charge is 2.25. The lowest BCUT2D eigenvalue weighted by Gasteiger charge is -2.28. The van der Waals surface area contributed by atoms with Crippen LogP contribution in [0, 0.1) is 0 Å². The van der Waals surface area contributed by atoms with Crippen LogP contribution in [-0.2, 0) is 23.0 Å². The topological polar surface area (TPSA) is 97.2 Å². The highest BCUT2D eigenvalue weighted by molar-refractivity contribution is 7.88. The number of rotatable bonds is 4. The van der Waals surface area contributed by atoms with Crippen LogP contribution < -0.4 is 5.32 Å². The van der Waals surface area contributed by atoms with E-state index >= 15 is 0 Å². The second-order valence-corrected chi connectivity index (χ2v) is 9.13. The van der Waals surface area contributed by atoms with Crippen LogP contribution in [0.15, 0.2) is 48.7 Å². The van der Waals surface area contributed by atoms with Crippen LogP contribution in [0.1, 0.15) is 21.6 Å². The zero-order valence-corrected chi connectivity index (χ0v) is 17.1. The number of sulfonamides is 1. The molecule has 29 heavy (non-hydrogen) atoms. The number of nitrogens with one attached hydrogen (secondary N) is 1. The summed E-state index contributed by atoms with van der Waals surface area (Å²) >= 11 is 6.16. The van der Waals surface area contributed by atoms with E-state index < -0.39 is 15.9 Å². The molecule has 0 bridgehead atoms. The number of fused-ring (bicyclic) bond motifs is 1. The van der Waals surface area contributed by atoms with Gasteiger partial charge in [0.1, 0.15) is 0 Å². The van der Waals surface area contributed by atoms with E-state index in [-0.39, 0.29) is 5.69 Å². The molecule has 1 amide bonds. The van der Waals surface area contributed by atoms with Crippen LogP contribution in [0.2, 0.25) is 5.02 Å². The van der Waals surface area contributed by atoms with Gasteiger partial charge in [-0.1, -0.05) is 41.1 Å². The van der Waals surface area contributed by atoms with E-state index in [1.165, 1.54) is 21.4 Å². The van der Waals surface area contributed by atoms with Crippen molar-refractivity contribution in [3.8, 4) is 5.69 Å². The summed E-state index contributed by atoms with van der Waals surface area (Å²) in [6.07, 6.45) is 3.23. The maximum Gasteiger partial charge on any atom is 0.277 e. The summed E-state index contributed by atoms with van der Waals surface area (Å²) in [5, 5.41) is 11.3. The highest BCUT2D eigenvalue weighted by atomic mass is 35.5. The molecule has 2 heterocycles. The van der Waals surface area contributed by atoms with Crippen molar-refractivity contribution < 1.29 is 13.2 Å². The number of hydrogen-bond donors (Lipinski definition) is 1. The van der Waals surface area contributed by atoms with Crippen molar-refractivity contribution in [3.05, 3.63) is 70.5 Å². The van der Waals surface area contributed by atoms with E-state index in [4.69, 9.17) is 11.6 Å². The molecule has 2 aromatic carbocycles. The Bertz CT molecular complexity index is 1190. The van der Waals surface area contributed by atoms with Crippen LogP contribution in [0.5, 0.6) is 0 Å². The zero-order valence-electron chi connectivity index (χ0n) is 15.5. The van der Waals surface area contributed by atoms with Crippen molar-refractivity contribution in [2.75, 3.05) is 18.1 Å². The molecule has 1 aromatic heterocycles. The highest BCUT2D eigenvalue weighted by Crippen LogP contribution is 2.27. The molecule has 8 nitrogen and oxygen atoms in total. The number of carbonyl (C=O) groups excluding carboxylic acids is 1. The number of hydrogen-bond acceptors (Lipinski definition) is 5. The first-order valence-electron chi connectivity index (χ1n) is 8.87. The Hall–Kier alpha value is -2.75. The summed E-state index contributed by atoms with van der Waals surface area (Å²) in [5.74, 6) is -0.401. The van der Waals surface area contributed by atoms with Crippen molar-refractivity contribution >= 4 is 33.2 Å². The molecule has 150 valence electrons. The number of para-hydroxylation sites is 1. The second kappa shape index (κ2) is 7.58. The Labute approximate surface area is 173 Å². The fourth-order valence-electron chi connectivity index (χ4n) is 3.29. The molecule has 0 spiro atoms. The molecule has 0 radical (unpaired) electrons. The lowest BCUT2D eigenvalue weighted by atomic mass is 9.99. The zero-order chi connectivity index (χ0) is 20.6. The van der Waals surface area contributed by atoms with Gasteiger partial charge in [-0.2, -0.15) is 4.31 Å². The van der Waals surface area contributed by atoms with Gasteiger partial charge < -0.3 is 5.32 Å². The first kappa shape index (κ1) is 19.6. The van der Waals surface area contributed by atoms with Crippen LogP contribution >= 0.6 is 11.6 Å². The van der Waals surface area contributed by atoms with Crippen molar-refractivity contribution in [1.82, 2.24) is 19.3 Å². The molecular weight excluding hydrogens is 414 g/mol. The normalized spacial score (nSPS) is 14.4. The minimum atomic E-state index is -3.26. The van der Waals surface area contributed by atoms with Crippen molar-refractivity contribution in [2.45, 2.75) is 13.0 Å². The van der Waals surface area contributed by atoms with Gasteiger partial charge >= 0.3 is 0 Å². The van der Waals surface area contributed by atoms with Crippen LogP contribution in [0.25, 0.3) is 5.69 Å². The van der Waals surface area contributed by atoms with Crippen LogP contribution in [-0.4, -0.2) is 46.4 Å². The molecular formula is C19H18ClN5O3S. The number of nitrogens with zero attached hydrogens (tertiary/aromatic N) is 4. The van der Waals surface area contributed by atoms with Gasteiger partial charge in [0.05, 0.1) is 23.2 Å². The summed E-state index contributed by atoms with van der Waals surface area (Å²) in [5.41, 5.74) is 3.22. The monoisotopic (exact) mass is 431 g/mol. The van der Waals surface area contributed by atoms with Gasteiger partial charge in [-0.25, -0.2) is 13.1 Å². The van der Waals surface area contributed by atoms with Gasteiger partial charge in [0.15, 0.2) is 5.69 Å². The van der Waals surface area contributed by atoms with Gasteiger partial charge in [-0.3, -0.25) is 4.79 Å². The molecule has 0 saturated heterocycles. The summed E-state index contributed by atoms with van der Waals surface area (Å²) in [6.45, 7) is 0.669. The molecule has 0 aliphatic carbocycles. The Morgan fingerprint density at radius 2 is 1.97 bits per heavy atom. The molecule has 10 heteroatoms. The summed E-state index contributed by atoms with van der Waals surface area (Å²) in [4.78, 5) is 12.7. The van der Waals surface area contributed by atoms with Crippen molar-refractivity contribution in [2.24, 2.45) is 0 Å². The molecule has 1 aliphatic rings. The summed E-state index contributed by atoms with van der Waals surface area (Å²) < 4.78 is 26.5. The third-order valence-electron chi connectivity index (χ3n) is 4.77. The smallest absolute Gasteiger partial charge is 0.277 e. The number of amides is 1. The minimum absolute atomic E-state index is 0.149. The number of aromatic nitrogens is 3. The first-order chi connectivity index (χ1) is 13.8. The molecule has 0 fully saturated rings. The standard InChI is InChI=1S/C19H18ClN5O3S/c1-29(27,28)24-10-9-14-13(11-24)5-4-7-16(14)21-19(26)17-12-25(23-22-17)18-8-3-2-6-15(18)20/h2-8,12H,9-11H2,1H3,(H,21,26). The number of benzene rings is 2. The third kappa shape index (κ3) is 4.02. The van der Waals surface area contributed by atoms with Gasteiger partial charge in [0, 0.05) is 18.8 Å². The van der Waals surface area contributed by atoms with E-state index in [2.05, 4.69) is 15.6 Å². The molecule has 1 aliphatic heterocycles. The number of halogens is 1. The van der Waals surface area contributed by atoms with Crippen LogP contribution in [0.3, 0.4) is 0 Å².